The molecular formula is C14H20ClN3O5S. The molecule has 1 N–H and O–H groups in total. The Balaban J connectivity index is 3.22. The van der Waals surface area contributed by atoms with E-state index in [-0.39, 0.29) is 11.6 Å². The number of halogens is 1. The fourth-order valence-corrected chi connectivity index (χ4v) is 3.68. The van der Waals surface area contributed by atoms with E-state index in [0.717, 1.165) is 16.4 Å². The van der Waals surface area contributed by atoms with Crippen LogP contribution in [0.2, 0.25) is 5.02 Å². The Hall–Kier alpha value is -1.71. The Labute approximate surface area is 146 Å². The molecule has 0 atom stereocenters. The number of carbonyl (C=O) groups excluding carboxylic acids is 1. The van der Waals surface area contributed by atoms with Gasteiger partial charge in [-0.2, -0.15) is 4.31 Å². The summed E-state index contributed by atoms with van der Waals surface area (Å²) in [7, 11) is -4.22. The van der Waals surface area contributed by atoms with E-state index in [1.54, 1.807) is 27.7 Å². The zero-order valence-corrected chi connectivity index (χ0v) is 15.4. The Kier molecular flexibility index (Phi) is 6.32. The summed E-state index contributed by atoms with van der Waals surface area (Å²) in [6, 6.07) is 3.29. The van der Waals surface area contributed by atoms with Gasteiger partial charge in [0, 0.05) is 23.2 Å². The van der Waals surface area contributed by atoms with Crippen molar-refractivity contribution in [3.63, 3.8) is 0 Å². The molecule has 1 aromatic carbocycles. The van der Waals surface area contributed by atoms with E-state index in [1.807, 2.05) is 0 Å². The van der Waals surface area contributed by atoms with E-state index in [4.69, 9.17) is 11.6 Å². The van der Waals surface area contributed by atoms with E-state index in [9.17, 15) is 23.3 Å². The van der Waals surface area contributed by atoms with Gasteiger partial charge in [-0.05, 0) is 32.9 Å². The molecule has 0 aliphatic rings. The van der Waals surface area contributed by atoms with Crippen LogP contribution in [0.1, 0.15) is 27.7 Å². The highest BCUT2D eigenvalue weighted by Gasteiger charge is 2.32. The number of nitro groups is 1. The zero-order chi connectivity index (χ0) is 18.7. The molecule has 0 saturated heterocycles. The average molecular weight is 378 g/mol. The van der Waals surface area contributed by atoms with E-state index >= 15 is 0 Å². The maximum atomic E-state index is 12.7. The first-order valence-electron chi connectivity index (χ1n) is 7.13. The van der Waals surface area contributed by atoms with Crippen molar-refractivity contribution in [3.05, 3.63) is 33.3 Å². The van der Waals surface area contributed by atoms with Crippen molar-refractivity contribution >= 4 is 33.2 Å². The molecule has 0 aromatic heterocycles. The van der Waals surface area contributed by atoms with Crippen LogP contribution in [0, 0.1) is 10.1 Å². The van der Waals surface area contributed by atoms with Crippen molar-refractivity contribution in [2.24, 2.45) is 0 Å². The highest BCUT2D eigenvalue weighted by molar-refractivity contribution is 7.89. The predicted molar refractivity (Wildman–Crippen MR) is 90.4 cm³/mol. The number of amides is 1. The molecule has 0 aliphatic carbocycles. The molecule has 0 spiro atoms. The second kappa shape index (κ2) is 7.45. The summed E-state index contributed by atoms with van der Waals surface area (Å²) in [5.74, 6) is -0.496. The van der Waals surface area contributed by atoms with E-state index in [0.29, 0.717) is 0 Å². The van der Waals surface area contributed by atoms with Crippen LogP contribution in [0.25, 0.3) is 0 Å². The van der Waals surface area contributed by atoms with Crippen LogP contribution in [0.15, 0.2) is 23.1 Å². The predicted octanol–water partition coefficient (Wildman–Crippen LogP) is 2.17. The van der Waals surface area contributed by atoms with Gasteiger partial charge in [0.1, 0.15) is 0 Å². The second-order valence-corrected chi connectivity index (χ2v) is 8.44. The molecular weight excluding hydrogens is 358 g/mol. The van der Waals surface area contributed by atoms with Crippen LogP contribution in [0.5, 0.6) is 0 Å². The van der Waals surface area contributed by atoms with Gasteiger partial charge in [-0.1, -0.05) is 18.5 Å². The third kappa shape index (κ3) is 5.15. The maximum Gasteiger partial charge on any atom is 0.290 e. The lowest BCUT2D eigenvalue weighted by Crippen LogP contribution is -2.47. The largest absolute Gasteiger partial charge is 0.350 e. The number of carbonyl (C=O) groups is 1. The topological polar surface area (TPSA) is 110 Å². The monoisotopic (exact) mass is 377 g/mol. The first-order chi connectivity index (χ1) is 10.9. The minimum atomic E-state index is -4.22. The Bertz CT molecular complexity index is 743. The molecule has 0 unspecified atom stereocenters. The van der Waals surface area contributed by atoms with Gasteiger partial charge in [0.15, 0.2) is 4.90 Å². The van der Waals surface area contributed by atoms with Crippen molar-refractivity contribution < 1.29 is 18.1 Å². The zero-order valence-electron chi connectivity index (χ0n) is 13.9. The molecule has 0 bridgehead atoms. The fraction of sp³-hybridized carbons (Fsp3) is 0.500. The maximum absolute atomic E-state index is 12.7. The van der Waals surface area contributed by atoms with E-state index in [1.165, 1.54) is 6.07 Å². The van der Waals surface area contributed by atoms with Crippen molar-refractivity contribution in [1.29, 1.82) is 0 Å². The minimum absolute atomic E-state index is 0.0142. The van der Waals surface area contributed by atoms with Gasteiger partial charge in [0.05, 0.1) is 11.5 Å². The molecule has 10 heteroatoms. The summed E-state index contributed by atoms with van der Waals surface area (Å²) < 4.78 is 26.3. The third-order valence-electron chi connectivity index (χ3n) is 2.92. The van der Waals surface area contributed by atoms with E-state index in [2.05, 4.69) is 5.32 Å². The summed E-state index contributed by atoms with van der Waals surface area (Å²) in [6.07, 6.45) is 0. The fourth-order valence-electron chi connectivity index (χ4n) is 1.98. The van der Waals surface area contributed by atoms with Crippen molar-refractivity contribution in [2.45, 2.75) is 38.1 Å². The van der Waals surface area contributed by atoms with Crippen molar-refractivity contribution in [2.75, 3.05) is 13.1 Å². The number of sulfonamides is 1. The summed E-state index contributed by atoms with van der Waals surface area (Å²) in [5, 5.41) is 13.8. The van der Waals surface area contributed by atoms with Gasteiger partial charge in [-0.25, -0.2) is 8.42 Å². The molecule has 0 fully saturated rings. The number of hydrogen-bond donors (Lipinski definition) is 1. The standard InChI is InChI=1S/C14H20ClN3O5S/c1-5-17(9-13(19)16-14(2,3)4)24(22,23)12-7-6-10(15)8-11(12)18(20)21/h6-8H,5,9H2,1-4H3,(H,16,19). The summed E-state index contributed by atoms with van der Waals surface area (Å²) >= 11 is 5.70. The van der Waals surface area contributed by atoms with Crippen LogP contribution in [0.3, 0.4) is 0 Å². The molecule has 1 amide bonds. The van der Waals surface area contributed by atoms with Gasteiger partial charge in [0.2, 0.25) is 15.9 Å². The molecule has 1 rings (SSSR count). The Morgan fingerprint density at radius 2 is 1.96 bits per heavy atom. The number of nitro benzene ring substituents is 1. The smallest absolute Gasteiger partial charge is 0.290 e. The van der Waals surface area contributed by atoms with Crippen LogP contribution >= 0.6 is 11.6 Å². The number of nitrogens with zero attached hydrogens (tertiary/aromatic N) is 2. The normalized spacial score (nSPS) is 12.2. The van der Waals surface area contributed by atoms with Gasteiger partial charge in [-0.15, -0.1) is 0 Å². The molecule has 8 nitrogen and oxygen atoms in total. The summed E-state index contributed by atoms with van der Waals surface area (Å²) in [6.45, 7) is 6.39. The number of benzene rings is 1. The van der Waals surface area contributed by atoms with Gasteiger partial charge in [-0.3, -0.25) is 14.9 Å². The lowest BCUT2D eigenvalue weighted by atomic mass is 10.1. The molecule has 0 saturated carbocycles. The van der Waals surface area contributed by atoms with Gasteiger partial charge in [0.25, 0.3) is 5.69 Å². The number of rotatable bonds is 6. The Morgan fingerprint density at radius 1 is 1.38 bits per heavy atom. The van der Waals surface area contributed by atoms with E-state index < -0.39 is 43.5 Å². The van der Waals surface area contributed by atoms with Crippen LogP contribution in [-0.4, -0.2) is 42.2 Å². The molecule has 134 valence electrons. The van der Waals surface area contributed by atoms with Gasteiger partial charge >= 0.3 is 0 Å². The summed E-state index contributed by atoms with van der Waals surface area (Å²) in [5.41, 5.74) is -1.15. The molecule has 0 aliphatic heterocycles. The second-order valence-electron chi connectivity index (χ2n) is 6.10. The molecule has 0 heterocycles. The van der Waals surface area contributed by atoms with Crippen molar-refractivity contribution in [1.82, 2.24) is 9.62 Å². The lowest BCUT2D eigenvalue weighted by molar-refractivity contribution is -0.387. The first kappa shape index (κ1) is 20.3. The van der Waals surface area contributed by atoms with Crippen molar-refractivity contribution in [3.8, 4) is 0 Å². The lowest BCUT2D eigenvalue weighted by Gasteiger charge is -2.24. The highest BCUT2D eigenvalue weighted by Crippen LogP contribution is 2.29. The van der Waals surface area contributed by atoms with Crippen LogP contribution < -0.4 is 5.32 Å². The SMILES string of the molecule is CCN(CC(=O)NC(C)(C)C)S(=O)(=O)c1ccc(Cl)cc1[N+](=O)[O-]. The third-order valence-corrected chi connectivity index (χ3v) is 5.13. The number of nitrogens with one attached hydrogen (secondary N) is 1. The molecule has 24 heavy (non-hydrogen) atoms. The number of hydrogen-bond acceptors (Lipinski definition) is 5. The first-order valence-corrected chi connectivity index (χ1v) is 8.95. The molecule has 1 aromatic rings. The minimum Gasteiger partial charge on any atom is -0.350 e. The average Bonchev–Trinajstić information content (AvgIpc) is 2.42. The number of likely N-dealkylation sites (N-methyl/N-ethyl adjacent to an activating group) is 1. The Morgan fingerprint density at radius 3 is 2.42 bits per heavy atom. The van der Waals surface area contributed by atoms with Crippen LogP contribution in [0.4, 0.5) is 5.69 Å². The molecule has 0 radical (unpaired) electrons. The summed E-state index contributed by atoms with van der Waals surface area (Å²) in [4.78, 5) is 21.8. The quantitative estimate of drug-likeness (QED) is 0.603. The highest BCUT2D eigenvalue weighted by atomic mass is 35.5. The van der Waals surface area contributed by atoms with Gasteiger partial charge < -0.3 is 5.32 Å². The van der Waals surface area contributed by atoms with Crippen LogP contribution in [-0.2, 0) is 14.8 Å².